The van der Waals surface area contributed by atoms with E-state index in [1.165, 1.54) is 12.1 Å². The number of ether oxygens (including phenoxy) is 1. The fourth-order valence-corrected chi connectivity index (χ4v) is 4.21. The highest BCUT2D eigenvalue weighted by Crippen LogP contribution is 2.21. The Labute approximate surface area is 145 Å². The third-order valence-electron chi connectivity index (χ3n) is 4.12. The van der Waals surface area contributed by atoms with Crippen molar-refractivity contribution in [1.82, 2.24) is 0 Å². The number of hydrogen-bond donors (Lipinski definition) is 0. The second-order valence-corrected chi connectivity index (χ2v) is 7.99. The van der Waals surface area contributed by atoms with Crippen molar-refractivity contribution in [1.29, 1.82) is 0 Å². The molecule has 1 aliphatic heterocycles. The van der Waals surface area contributed by atoms with Crippen LogP contribution in [0.3, 0.4) is 0 Å². The second-order valence-electron chi connectivity index (χ2n) is 6.06. The fraction of sp³-hybridized carbons (Fsp3) is 0.333. The normalized spacial score (nSPS) is 18.5. The van der Waals surface area contributed by atoms with Crippen molar-refractivity contribution in [3.63, 3.8) is 0 Å². The van der Waals surface area contributed by atoms with Gasteiger partial charge in [-0.3, -0.25) is 4.79 Å². The van der Waals surface area contributed by atoms with E-state index in [9.17, 15) is 18.0 Å². The Morgan fingerprint density at radius 1 is 1.32 bits per heavy atom. The molecule has 25 heavy (non-hydrogen) atoms. The molecule has 0 bridgehead atoms. The fourth-order valence-electron chi connectivity index (χ4n) is 2.81. The lowest BCUT2D eigenvalue weighted by Gasteiger charge is -2.09. The van der Waals surface area contributed by atoms with E-state index in [0.717, 1.165) is 17.4 Å². The highest BCUT2D eigenvalue weighted by Gasteiger charge is 2.24. The summed E-state index contributed by atoms with van der Waals surface area (Å²) in [6.45, 7) is 1.94. The van der Waals surface area contributed by atoms with E-state index >= 15 is 0 Å². The molecule has 0 saturated carbocycles. The van der Waals surface area contributed by atoms with E-state index in [1.807, 2.05) is 19.1 Å². The van der Waals surface area contributed by atoms with Gasteiger partial charge in [-0.15, -0.1) is 0 Å². The molecule has 0 aliphatic carbocycles. The zero-order valence-electron chi connectivity index (χ0n) is 13.7. The predicted molar refractivity (Wildman–Crippen MR) is 92.7 cm³/mol. The van der Waals surface area contributed by atoms with E-state index in [2.05, 4.69) is 0 Å². The summed E-state index contributed by atoms with van der Waals surface area (Å²) in [4.78, 5) is 23.7. The average molecular weight is 362 g/mol. The lowest BCUT2D eigenvalue weighted by atomic mass is 10.1. The maximum absolute atomic E-state index is 12.0. The first-order valence-corrected chi connectivity index (χ1v) is 9.70. The van der Waals surface area contributed by atoms with Gasteiger partial charge in [-0.25, -0.2) is 13.2 Å². The smallest absolute Gasteiger partial charge is 0.336 e. The van der Waals surface area contributed by atoms with Crippen LogP contribution in [0.15, 0.2) is 45.0 Å². The topological polar surface area (TPSA) is 90.7 Å². The molecule has 0 saturated heterocycles. The Bertz CT molecular complexity index is 1000. The van der Waals surface area contributed by atoms with Gasteiger partial charge in [0.25, 0.3) is 0 Å². The monoisotopic (exact) mass is 362 g/mol. The van der Waals surface area contributed by atoms with Gasteiger partial charge >= 0.3 is 11.6 Å². The minimum Gasteiger partial charge on any atom is -0.461 e. The lowest BCUT2D eigenvalue weighted by Crippen LogP contribution is -2.14. The Morgan fingerprint density at radius 2 is 2.12 bits per heavy atom. The van der Waals surface area contributed by atoms with Crippen LogP contribution in [0.5, 0.6) is 0 Å². The lowest BCUT2D eigenvalue weighted by molar-refractivity contribution is -0.145. The number of benzene rings is 1. The number of hydrogen-bond acceptors (Lipinski definition) is 6. The minimum atomic E-state index is -3.19. The molecule has 0 fully saturated rings. The number of esters is 1. The van der Waals surface area contributed by atoms with Crippen molar-refractivity contribution in [2.45, 2.75) is 26.4 Å². The molecule has 6 nitrogen and oxygen atoms in total. The summed E-state index contributed by atoms with van der Waals surface area (Å²) in [6, 6.07) is 6.88. The first-order valence-electron chi connectivity index (χ1n) is 7.98. The molecule has 1 aromatic carbocycles. The molecular weight excluding hydrogens is 344 g/mol. The molecule has 1 aromatic heterocycles. The van der Waals surface area contributed by atoms with Gasteiger partial charge in [-0.1, -0.05) is 25.1 Å². The zero-order chi connectivity index (χ0) is 18.0. The summed E-state index contributed by atoms with van der Waals surface area (Å²) in [7, 11) is -3.19. The summed E-state index contributed by atoms with van der Waals surface area (Å²) in [5.74, 6) is -0.930. The van der Waals surface area contributed by atoms with Crippen molar-refractivity contribution >= 4 is 26.8 Å². The Kier molecular flexibility index (Phi) is 4.76. The number of carbonyl (C=O) groups excluding carboxylic acids is 1. The van der Waals surface area contributed by atoms with Crippen molar-refractivity contribution in [3.05, 3.63) is 57.3 Å². The Morgan fingerprint density at radius 3 is 2.80 bits per heavy atom. The molecule has 0 unspecified atom stereocenters. The first kappa shape index (κ1) is 17.4. The van der Waals surface area contributed by atoms with Crippen LogP contribution in [0.25, 0.3) is 11.0 Å². The van der Waals surface area contributed by atoms with Crippen molar-refractivity contribution in [2.75, 3.05) is 5.75 Å². The Hall–Kier alpha value is -2.41. The van der Waals surface area contributed by atoms with E-state index in [1.54, 1.807) is 6.07 Å². The molecule has 0 amide bonds. The summed E-state index contributed by atoms with van der Waals surface area (Å²) >= 11 is 0. The molecule has 7 heteroatoms. The summed E-state index contributed by atoms with van der Waals surface area (Å²) in [5, 5.41) is 1.85. The molecule has 1 atom stereocenters. The van der Waals surface area contributed by atoms with Gasteiger partial charge in [0.2, 0.25) is 0 Å². The van der Waals surface area contributed by atoms with E-state index in [4.69, 9.17) is 9.15 Å². The van der Waals surface area contributed by atoms with E-state index < -0.39 is 21.4 Å². The average Bonchev–Trinajstić information content (AvgIpc) is 2.90. The quantitative estimate of drug-likeness (QED) is 0.599. The molecule has 2 aromatic rings. The summed E-state index contributed by atoms with van der Waals surface area (Å²) in [6.07, 6.45) is 2.32. The van der Waals surface area contributed by atoms with Gasteiger partial charge in [0.1, 0.15) is 12.2 Å². The molecule has 3 rings (SSSR count). The van der Waals surface area contributed by atoms with Gasteiger partial charge in [0, 0.05) is 28.3 Å². The highest BCUT2D eigenvalue weighted by molar-refractivity contribution is 7.94. The Balaban J connectivity index is 1.71. The number of rotatable bonds is 5. The van der Waals surface area contributed by atoms with Gasteiger partial charge in [0.05, 0.1) is 12.2 Å². The van der Waals surface area contributed by atoms with Crippen molar-refractivity contribution < 1.29 is 22.4 Å². The molecule has 0 spiro atoms. The minimum absolute atomic E-state index is 0.00487. The van der Waals surface area contributed by atoms with E-state index in [-0.39, 0.29) is 24.7 Å². The highest BCUT2D eigenvalue weighted by atomic mass is 32.2. The molecule has 1 aliphatic rings. The first-order chi connectivity index (χ1) is 11.9. The van der Waals surface area contributed by atoms with Crippen LogP contribution in [-0.2, 0) is 32.4 Å². The van der Waals surface area contributed by atoms with Crippen molar-refractivity contribution in [3.8, 4) is 0 Å². The second kappa shape index (κ2) is 6.84. The van der Waals surface area contributed by atoms with Gasteiger partial charge < -0.3 is 9.15 Å². The predicted octanol–water partition coefficient (Wildman–Crippen LogP) is 2.35. The van der Waals surface area contributed by atoms with Crippen molar-refractivity contribution in [2.24, 2.45) is 5.92 Å². The molecule has 0 N–H and O–H groups in total. The van der Waals surface area contributed by atoms with Crippen LogP contribution >= 0.6 is 0 Å². The number of carbonyl (C=O) groups is 1. The third kappa shape index (κ3) is 4.17. The summed E-state index contributed by atoms with van der Waals surface area (Å²) in [5.41, 5.74) is 1.57. The molecular formula is C18H18O6S. The SMILES string of the molecule is CCc1ccc2c(COC(=O)C[C@H]3C=CS(=O)(=O)C3)cc(=O)oc2c1. The number of sulfone groups is 1. The van der Waals surface area contributed by atoms with Gasteiger partial charge in [-0.05, 0) is 18.1 Å². The van der Waals surface area contributed by atoms with Crippen LogP contribution in [0, 0.1) is 5.92 Å². The largest absolute Gasteiger partial charge is 0.461 e. The van der Waals surface area contributed by atoms with Crippen LogP contribution in [-0.4, -0.2) is 20.1 Å². The molecule has 132 valence electrons. The zero-order valence-corrected chi connectivity index (χ0v) is 14.5. The van der Waals surface area contributed by atoms with Crippen LogP contribution < -0.4 is 5.63 Å². The van der Waals surface area contributed by atoms with Crippen LogP contribution in [0.4, 0.5) is 0 Å². The number of aryl methyl sites for hydroxylation is 1. The maximum Gasteiger partial charge on any atom is 0.336 e. The van der Waals surface area contributed by atoms with Crippen LogP contribution in [0.2, 0.25) is 0 Å². The van der Waals surface area contributed by atoms with Crippen LogP contribution in [0.1, 0.15) is 24.5 Å². The summed E-state index contributed by atoms with van der Waals surface area (Å²) < 4.78 is 33.1. The third-order valence-corrected chi connectivity index (χ3v) is 5.59. The van der Waals surface area contributed by atoms with Gasteiger partial charge in [-0.2, -0.15) is 0 Å². The number of fused-ring (bicyclic) bond motifs is 1. The standard InChI is InChI=1S/C18H18O6S/c1-2-12-3-4-15-14(9-18(20)24-16(15)7-12)10-23-17(19)8-13-5-6-25(21,22)11-13/h3-7,9,13H,2,8,10-11H2,1H3/t13-/m1/s1. The van der Waals surface area contributed by atoms with E-state index in [0.29, 0.717) is 16.5 Å². The number of allylic oxidation sites excluding steroid dienone is 1. The van der Waals surface area contributed by atoms with Gasteiger partial charge in [0.15, 0.2) is 9.84 Å². The maximum atomic E-state index is 12.0. The molecule has 0 radical (unpaired) electrons. The molecule has 2 heterocycles.